The van der Waals surface area contributed by atoms with Gasteiger partial charge in [-0.3, -0.25) is 9.59 Å². The Morgan fingerprint density at radius 1 is 0.865 bits per heavy atom. The molecule has 2 aliphatic rings. The number of ketones is 2. The zero-order chi connectivity index (χ0) is 26.2. The number of carbonyl (C=O) groups is 2. The molecule has 198 valence electrons. The summed E-state index contributed by atoms with van der Waals surface area (Å²) in [7, 11) is 1.93. The van der Waals surface area contributed by atoms with Gasteiger partial charge >= 0.3 is 0 Å². The van der Waals surface area contributed by atoms with Crippen molar-refractivity contribution in [3.8, 4) is 0 Å². The number of rotatable bonds is 9. The second kappa shape index (κ2) is 13.2. The molecule has 2 saturated carbocycles. The lowest BCUT2D eigenvalue weighted by Gasteiger charge is -2.33. The summed E-state index contributed by atoms with van der Waals surface area (Å²) in [6, 6.07) is 14.7. The number of anilines is 1. The molecule has 2 aromatic rings. The predicted octanol–water partition coefficient (Wildman–Crippen LogP) is 8.15. The maximum Gasteiger partial charge on any atom is 0.166 e. The summed E-state index contributed by atoms with van der Waals surface area (Å²) in [6.07, 6.45) is 15.6. The Morgan fingerprint density at radius 3 is 2.22 bits per heavy atom. The summed E-state index contributed by atoms with van der Waals surface area (Å²) in [4.78, 5) is 26.1. The lowest BCUT2D eigenvalue weighted by molar-refractivity contribution is -0.118. The number of benzene rings is 2. The van der Waals surface area contributed by atoms with E-state index in [-0.39, 0.29) is 11.8 Å². The smallest absolute Gasteiger partial charge is 0.166 e. The van der Waals surface area contributed by atoms with E-state index in [0.717, 1.165) is 75.5 Å². The van der Waals surface area contributed by atoms with Crippen molar-refractivity contribution in [3.63, 3.8) is 0 Å². The van der Waals surface area contributed by atoms with Gasteiger partial charge in [0, 0.05) is 30.1 Å². The van der Waals surface area contributed by atoms with Crippen LogP contribution in [0.4, 0.5) is 5.69 Å². The maximum absolute atomic E-state index is 13.2. The molecule has 2 fully saturated rings. The fraction of sp³-hybridized carbons (Fsp3) is 0.529. The Kier molecular flexibility index (Phi) is 9.77. The summed E-state index contributed by atoms with van der Waals surface area (Å²) in [6.45, 7) is 4.24. The molecule has 0 radical (unpaired) electrons. The summed E-state index contributed by atoms with van der Waals surface area (Å²) in [5.74, 6) is 2.41. The maximum atomic E-state index is 13.2. The van der Waals surface area contributed by atoms with Crippen molar-refractivity contribution in [2.24, 2.45) is 23.7 Å². The molecule has 3 nitrogen and oxygen atoms in total. The third-order valence-electron chi connectivity index (χ3n) is 9.03. The average Bonchev–Trinajstić information content (AvgIpc) is 3.20. The van der Waals surface area contributed by atoms with Crippen LogP contribution in [0.15, 0.2) is 54.6 Å². The lowest BCUT2D eigenvalue weighted by atomic mass is 9.72. The third-order valence-corrected chi connectivity index (χ3v) is 9.03. The fourth-order valence-corrected chi connectivity index (χ4v) is 6.62. The first-order valence-electron chi connectivity index (χ1n) is 14.6. The molecular formula is C34H45NO2. The van der Waals surface area contributed by atoms with Crippen LogP contribution in [-0.2, 0) is 17.6 Å². The Hall–Kier alpha value is -2.68. The molecule has 0 bridgehead atoms. The highest BCUT2D eigenvalue weighted by Gasteiger charge is 2.33. The molecule has 0 aromatic heterocycles. The zero-order valence-corrected chi connectivity index (χ0v) is 23.1. The van der Waals surface area contributed by atoms with Gasteiger partial charge in [-0.15, -0.1) is 0 Å². The van der Waals surface area contributed by atoms with Gasteiger partial charge in [-0.05, 0) is 99.8 Å². The highest BCUT2D eigenvalue weighted by molar-refractivity contribution is 5.98. The first-order chi connectivity index (χ1) is 18.0. The number of carbonyl (C=O) groups excluding carboxylic acids is 2. The molecule has 0 amide bonds. The Labute approximate surface area is 224 Å². The summed E-state index contributed by atoms with van der Waals surface area (Å²) in [5.41, 5.74) is 5.72. The van der Waals surface area contributed by atoms with Crippen LogP contribution in [0.1, 0.15) is 91.8 Å². The third kappa shape index (κ3) is 7.21. The molecule has 2 aromatic carbocycles. The van der Waals surface area contributed by atoms with Crippen LogP contribution in [0.2, 0.25) is 0 Å². The molecule has 2 atom stereocenters. The normalized spacial score (nSPS) is 24.5. The predicted molar refractivity (Wildman–Crippen MR) is 154 cm³/mol. The van der Waals surface area contributed by atoms with Gasteiger partial charge in [0.05, 0.1) is 0 Å². The Bertz CT molecular complexity index is 1080. The van der Waals surface area contributed by atoms with Crippen LogP contribution in [0.5, 0.6) is 0 Å². The minimum absolute atomic E-state index is 0.159. The van der Waals surface area contributed by atoms with Crippen molar-refractivity contribution < 1.29 is 9.59 Å². The molecule has 1 N–H and O–H groups in total. The van der Waals surface area contributed by atoms with Crippen molar-refractivity contribution >= 4 is 17.3 Å². The summed E-state index contributed by atoms with van der Waals surface area (Å²) >= 11 is 0. The number of aryl methyl sites for hydroxylation is 2. The average molecular weight is 500 g/mol. The Balaban J connectivity index is 1.24. The molecule has 0 saturated heterocycles. The van der Waals surface area contributed by atoms with Crippen molar-refractivity contribution in [1.29, 1.82) is 0 Å². The topological polar surface area (TPSA) is 46.2 Å². The molecule has 2 aliphatic carbocycles. The number of hydrogen-bond donors (Lipinski definition) is 1. The molecule has 37 heavy (non-hydrogen) atoms. The lowest BCUT2D eigenvalue weighted by Crippen LogP contribution is -2.26. The summed E-state index contributed by atoms with van der Waals surface area (Å²) in [5, 5.41) is 3.25. The highest BCUT2D eigenvalue weighted by Crippen LogP contribution is 2.41. The Morgan fingerprint density at radius 2 is 1.54 bits per heavy atom. The second-order valence-electron chi connectivity index (χ2n) is 11.4. The molecule has 4 rings (SSSR count). The molecule has 0 aliphatic heterocycles. The van der Waals surface area contributed by atoms with Gasteiger partial charge in [0.15, 0.2) is 11.6 Å². The number of hydrogen-bond acceptors (Lipinski definition) is 3. The molecular weight excluding hydrogens is 454 g/mol. The van der Waals surface area contributed by atoms with E-state index in [0.29, 0.717) is 23.4 Å². The minimum atomic E-state index is 0.159. The summed E-state index contributed by atoms with van der Waals surface area (Å²) < 4.78 is 0. The van der Waals surface area contributed by atoms with Crippen LogP contribution in [-0.4, -0.2) is 18.6 Å². The molecule has 3 heteroatoms. The zero-order valence-electron chi connectivity index (χ0n) is 23.1. The van der Waals surface area contributed by atoms with Crippen LogP contribution in [0.3, 0.4) is 0 Å². The van der Waals surface area contributed by atoms with Crippen molar-refractivity contribution in [2.75, 3.05) is 12.4 Å². The number of nitrogens with one attached hydrogen (secondary N) is 1. The fourth-order valence-electron chi connectivity index (χ4n) is 6.62. The van der Waals surface area contributed by atoms with Gasteiger partial charge in [0.2, 0.25) is 0 Å². The van der Waals surface area contributed by atoms with E-state index in [4.69, 9.17) is 0 Å². The van der Waals surface area contributed by atoms with Gasteiger partial charge in [-0.2, -0.15) is 0 Å². The second-order valence-corrected chi connectivity index (χ2v) is 11.4. The SMILES string of the molecule is CCc1ccc(C(=O)C2CCC(C3CCCC(C(=O)/C=C\Cc4ccc(C)cc4)CC3)CC2)cc1NC. The number of allylic oxidation sites excluding steroid dienone is 2. The number of Topliss-reactive ketones (excluding diaryl/α,β-unsaturated/α-hetero) is 1. The van der Waals surface area contributed by atoms with Gasteiger partial charge < -0.3 is 5.32 Å². The quantitative estimate of drug-likeness (QED) is 0.215. The van der Waals surface area contributed by atoms with E-state index >= 15 is 0 Å². The van der Waals surface area contributed by atoms with Gasteiger partial charge in [0.25, 0.3) is 0 Å². The van der Waals surface area contributed by atoms with E-state index in [1.165, 1.54) is 23.1 Å². The van der Waals surface area contributed by atoms with Crippen LogP contribution in [0, 0.1) is 30.6 Å². The van der Waals surface area contributed by atoms with Gasteiger partial charge in [-0.1, -0.05) is 67.8 Å². The van der Waals surface area contributed by atoms with E-state index in [1.54, 1.807) is 0 Å². The largest absolute Gasteiger partial charge is 0.388 e. The van der Waals surface area contributed by atoms with Crippen molar-refractivity contribution in [1.82, 2.24) is 0 Å². The van der Waals surface area contributed by atoms with E-state index in [9.17, 15) is 9.59 Å². The van der Waals surface area contributed by atoms with E-state index in [2.05, 4.69) is 49.5 Å². The van der Waals surface area contributed by atoms with Crippen molar-refractivity contribution in [3.05, 3.63) is 76.9 Å². The van der Waals surface area contributed by atoms with Crippen LogP contribution in [0.25, 0.3) is 0 Å². The van der Waals surface area contributed by atoms with Gasteiger partial charge in [0.1, 0.15) is 0 Å². The van der Waals surface area contributed by atoms with Crippen LogP contribution >= 0.6 is 0 Å². The molecule has 0 heterocycles. The monoisotopic (exact) mass is 499 g/mol. The van der Waals surface area contributed by atoms with E-state index < -0.39 is 0 Å². The molecule has 0 spiro atoms. The molecule has 2 unspecified atom stereocenters. The van der Waals surface area contributed by atoms with Crippen molar-refractivity contribution in [2.45, 2.75) is 84.5 Å². The minimum Gasteiger partial charge on any atom is -0.388 e. The van der Waals surface area contributed by atoms with E-state index in [1.807, 2.05) is 31.3 Å². The first kappa shape index (κ1) is 27.4. The first-order valence-corrected chi connectivity index (χ1v) is 14.6. The highest BCUT2D eigenvalue weighted by atomic mass is 16.1. The standard InChI is InChI=1S/C34H45NO2/c1-4-26-15-22-31(23-32(26)35-3)34(37)30-20-17-28(18-21-30)27-8-6-9-29(19-16-27)33(36)10-5-7-25-13-11-24(2)12-14-25/h5,10-15,22-23,27-30,35H,4,6-9,16-21H2,1-3H3/b10-5-. The van der Waals surface area contributed by atoms with Gasteiger partial charge in [-0.25, -0.2) is 0 Å². The van der Waals surface area contributed by atoms with Crippen LogP contribution < -0.4 is 5.32 Å².